The van der Waals surface area contributed by atoms with Crippen molar-refractivity contribution in [1.82, 2.24) is 5.32 Å². The third-order valence-corrected chi connectivity index (χ3v) is 3.11. The van der Waals surface area contributed by atoms with Gasteiger partial charge in [0.05, 0.1) is 13.2 Å². The van der Waals surface area contributed by atoms with E-state index in [0.717, 1.165) is 12.2 Å². The summed E-state index contributed by atoms with van der Waals surface area (Å²) >= 11 is 0. The lowest BCUT2D eigenvalue weighted by Crippen LogP contribution is -2.28. The average Bonchev–Trinajstić information content (AvgIpc) is 2.49. The van der Waals surface area contributed by atoms with Crippen LogP contribution in [0, 0.1) is 0 Å². The summed E-state index contributed by atoms with van der Waals surface area (Å²) in [5, 5.41) is 2.99. The van der Waals surface area contributed by atoms with Crippen LogP contribution < -0.4 is 10.1 Å². The molecule has 1 aromatic rings. The van der Waals surface area contributed by atoms with Gasteiger partial charge in [-0.2, -0.15) is 0 Å². The number of ether oxygens (including phenoxy) is 2. The Morgan fingerprint density at radius 3 is 2.57 bits per heavy atom. The van der Waals surface area contributed by atoms with Crippen molar-refractivity contribution in [3.8, 4) is 5.75 Å². The predicted molar refractivity (Wildman–Crippen MR) is 84.7 cm³/mol. The first-order chi connectivity index (χ1) is 10.3. The molecule has 0 amide bonds. The number of aryl methyl sites for hydroxylation is 1. The Morgan fingerprint density at radius 1 is 1.14 bits per heavy atom. The highest BCUT2D eigenvalue weighted by molar-refractivity contribution is 5.71. The normalized spacial score (nSPS) is 10.4. The molecule has 0 saturated heterocycles. The molecule has 4 heteroatoms. The second-order valence-corrected chi connectivity index (χ2v) is 4.93. The summed E-state index contributed by atoms with van der Waals surface area (Å²) < 4.78 is 10.4. The summed E-state index contributed by atoms with van der Waals surface area (Å²) in [4.78, 5) is 11.1. The van der Waals surface area contributed by atoms with Crippen molar-refractivity contribution in [3.63, 3.8) is 0 Å². The van der Waals surface area contributed by atoms with Gasteiger partial charge in [0.2, 0.25) is 0 Å². The van der Waals surface area contributed by atoms with Crippen LogP contribution in [0.1, 0.15) is 38.7 Å². The highest BCUT2D eigenvalue weighted by Crippen LogP contribution is 2.14. The van der Waals surface area contributed by atoms with E-state index in [9.17, 15) is 4.79 Å². The van der Waals surface area contributed by atoms with Gasteiger partial charge >= 0.3 is 5.97 Å². The van der Waals surface area contributed by atoms with Crippen LogP contribution in [-0.2, 0) is 16.0 Å². The van der Waals surface area contributed by atoms with Crippen molar-refractivity contribution in [2.24, 2.45) is 0 Å². The van der Waals surface area contributed by atoms with Crippen molar-refractivity contribution in [1.29, 1.82) is 0 Å². The molecule has 0 aliphatic rings. The van der Waals surface area contributed by atoms with Crippen molar-refractivity contribution >= 4 is 5.97 Å². The SMILES string of the molecule is CCCCCc1ccc(OCCNCC(=O)OCC)cc1. The van der Waals surface area contributed by atoms with Crippen LogP contribution in [0.2, 0.25) is 0 Å². The minimum absolute atomic E-state index is 0.228. The average molecular weight is 293 g/mol. The lowest BCUT2D eigenvalue weighted by Gasteiger charge is -2.08. The molecule has 118 valence electrons. The first kappa shape index (κ1) is 17.5. The van der Waals surface area contributed by atoms with E-state index in [4.69, 9.17) is 9.47 Å². The minimum Gasteiger partial charge on any atom is -0.492 e. The monoisotopic (exact) mass is 293 g/mol. The zero-order chi connectivity index (χ0) is 15.3. The number of carbonyl (C=O) groups is 1. The Morgan fingerprint density at radius 2 is 1.90 bits per heavy atom. The van der Waals surface area contributed by atoms with Gasteiger partial charge in [0.15, 0.2) is 0 Å². The maximum absolute atomic E-state index is 11.1. The molecular formula is C17H27NO3. The van der Waals surface area contributed by atoms with Crippen LogP contribution in [-0.4, -0.2) is 32.3 Å². The standard InChI is InChI=1S/C17H27NO3/c1-3-5-6-7-15-8-10-16(11-9-15)21-13-12-18-14-17(19)20-4-2/h8-11,18H,3-7,12-14H2,1-2H3. The molecule has 0 aromatic heterocycles. The summed E-state index contributed by atoms with van der Waals surface area (Å²) in [6, 6.07) is 8.26. The van der Waals surface area contributed by atoms with Crippen molar-refractivity contribution in [2.75, 3.05) is 26.3 Å². The quantitative estimate of drug-likeness (QED) is 0.503. The molecule has 0 radical (unpaired) electrons. The zero-order valence-electron chi connectivity index (χ0n) is 13.2. The van der Waals surface area contributed by atoms with Crippen LogP contribution in [0.4, 0.5) is 0 Å². The summed E-state index contributed by atoms with van der Waals surface area (Å²) in [5.41, 5.74) is 1.36. The molecule has 0 saturated carbocycles. The molecule has 0 heterocycles. The Hall–Kier alpha value is -1.55. The van der Waals surface area contributed by atoms with Crippen molar-refractivity contribution < 1.29 is 14.3 Å². The molecule has 1 rings (SSSR count). The minimum atomic E-state index is -0.228. The van der Waals surface area contributed by atoms with Crippen molar-refractivity contribution in [3.05, 3.63) is 29.8 Å². The molecule has 1 N–H and O–H groups in total. The Bertz CT molecular complexity index is 390. The maximum atomic E-state index is 11.1. The summed E-state index contributed by atoms with van der Waals surface area (Å²) in [7, 11) is 0. The smallest absolute Gasteiger partial charge is 0.319 e. The molecule has 0 spiro atoms. The first-order valence-electron chi connectivity index (χ1n) is 7.84. The molecule has 0 atom stereocenters. The number of unbranched alkanes of at least 4 members (excludes halogenated alkanes) is 2. The number of hydrogen-bond acceptors (Lipinski definition) is 4. The fraction of sp³-hybridized carbons (Fsp3) is 0.588. The first-order valence-corrected chi connectivity index (χ1v) is 7.84. The molecule has 0 aliphatic heterocycles. The van der Waals surface area contributed by atoms with Gasteiger partial charge in [-0.25, -0.2) is 0 Å². The third kappa shape index (κ3) is 8.35. The van der Waals surface area contributed by atoms with E-state index in [2.05, 4.69) is 24.4 Å². The Labute approximate surface area is 127 Å². The highest BCUT2D eigenvalue weighted by Gasteiger charge is 2.00. The van der Waals surface area contributed by atoms with E-state index in [0.29, 0.717) is 19.8 Å². The Balaban J connectivity index is 2.13. The van der Waals surface area contributed by atoms with E-state index in [1.165, 1.54) is 24.8 Å². The van der Waals surface area contributed by atoms with Gasteiger partial charge in [0.25, 0.3) is 0 Å². The van der Waals surface area contributed by atoms with Gasteiger partial charge in [0, 0.05) is 6.54 Å². The van der Waals surface area contributed by atoms with Gasteiger partial charge in [-0.1, -0.05) is 31.9 Å². The van der Waals surface area contributed by atoms with Gasteiger partial charge < -0.3 is 14.8 Å². The van der Waals surface area contributed by atoms with E-state index >= 15 is 0 Å². The van der Waals surface area contributed by atoms with Crippen LogP contribution in [0.25, 0.3) is 0 Å². The molecule has 1 aromatic carbocycles. The third-order valence-electron chi connectivity index (χ3n) is 3.11. The van der Waals surface area contributed by atoms with E-state index in [1.807, 2.05) is 12.1 Å². The number of hydrogen-bond donors (Lipinski definition) is 1. The second-order valence-electron chi connectivity index (χ2n) is 4.93. The lowest BCUT2D eigenvalue weighted by atomic mass is 10.1. The molecular weight excluding hydrogens is 266 g/mol. The van der Waals surface area contributed by atoms with Crippen LogP contribution in [0.5, 0.6) is 5.75 Å². The predicted octanol–water partition coefficient (Wildman–Crippen LogP) is 2.95. The largest absolute Gasteiger partial charge is 0.492 e. The van der Waals surface area contributed by atoms with E-state index in [-0.39, 0.29) is 12.5 Å². The van der Waals surface area contributed by atoms with Crippen LogP contribution >= 0.6 is 0 Å². The maximum Gasteiger partial charge on any atom is 0.319 e. The number of rotatable bonds is 11. The number of esters is 1. The molecule has 4 nitrogen and oxygen atoms in total. The molecule has 0 aliphatic carbocycles. The van der Waals surface area contributed by atoms with E-state index < -0.39 is 0 Å². The molecule has 21 heavy (non-hydrogen) atoms. The summed E-state index contributed by atoms with van der Waals surface area (Å²) in [5.74, 6) is 0.640. The van der Waals surface area contributed by atoms with Gasteiger partial charge in [-0.05, 0) is 37.5 Å². The van der Waals surface area contributed by atoms with Gasteiger partial charge in [0.1, 0.15) is 12.4 Å². The topological polar surface area (TPSA) is 47.6 Å². The molecule has 0 unspecified atom stereocenters. The van der Waals surface area contributed by atoms with Gasteiger partial charge in [-0.15, -0.1) is 0 Å². The van der Waals surface area contributed by atoms with Crippen LogP contribution in [0.15, 0.2) is 24.3 Å². The number of nitrogens with one attached hydrogen (secondary N) is 1. The summed E-state index contributed by atoms with van der Waals surface area (Å²) in [6.45, 7) is 5.82. The Kier molecular flexibility index (Phi) is 9.29. The number of benzene rings is 1. The fourth-order valence-electron chi connectivity index (χ4n) is 1.97. The molecule has 0 bridgehead atoms. The zero-order valence-corrected chi connectivity index (χ0v) is 13.2. The van der Waals surface area contributed by atoms with Crippen molar-refractivity contribution in [2.45, 2.75) is 39.5 Å². The van der Waals surface area contributed by atoms with E-state index in [1.54, 1.807) is 6.92 Å². The van der Waals surface area contributed by atoms with Gasteiger partial charge in [-0.3, -0.25) is 4.79 Å². The summed E-state index contributed by atoms with van der Waals surface area (Å²) in [6.07, 6.45) is 4.91. The second kappa shape index (κ2) is 11.1. The lowest BCUT2D eigenvalue weighted by molar-refractivity contribution is -0.142. The number of carbonyl (C=O) groups excluding carboxylic acids is 1. The highest BCUT2D eigenvalue weighted by atomic mass is 16.5. The molecule has 0 fully saturated rings. The van der Waals surface area contributed by atoms with Crippen LogP contribution in [0.3, 0.4) is 0 Å². The fourth-order valence-corrected chi connectivity index (χ4v) is 1.97.